The summed E-state index contributed by atoms with van der Waals surface area (Å²) >= 11 is 0. The number of aromatic amines is 1. The van der Waals surface area contributed by atoms with E-state index in [0.29, 0.717) is 17.7 Å². The maximum atomic E-state index is 13.4. The lowest BCUT2D eigenvalue weighted by atomic mass is 9.97. The topological polar surface area (TPSA) is 70.8 Å². The molecule has 0 amide bonds. The van der Waals surface area contributed by atoms with E-state index in [4.69, 9.17) is 5.73 Å². The smallest absolute Gasteiger partial charge is 0.245 e. The van der Waals surface area contributed by atoms with Crippen molar-refractivity contribution >= 4 is 5.95 Å². The van der Waals surface area contributed by atoms with Crippen LogP contribution in [0.5, 0.6) is 0 Å². The van der Waals surface area contributed by atoms with Gasteiger partial charge < -0.3 is 10.6 Å². The van der Waals surface area contributed by atoms with Gasteiger partial charge in [-0.1, -0.05) is 6.07 Å². The molecule has 1 fully saturated rings. The lowest BCUT2D eigenvalue weighted by molar-refractivity contribution is 0.411. The maximum absolute atomic E-state index is 13.4. The molecule has 0 bridgehead atoms. The number of hydrogen-bond donors (Lipinski definition) is 2. The molecular weight excluding hydrogens is 269 g/mol. The second-order valence-corrected chi connectivity index (χ2v) is 5.61. The van der Waals surface area contributed by atoms with E-state index in [0.717, 1.165) is 43.6 Å². The summed E-state index contributed by atoms with van der Waals surface area (Å²) < 4.78 is 13.4. The molecule has 6 heteroatoms. The second-order valence-electron chi connectivity index (χ2n) is 5.61. The van der Waals surface area contributed by atoms with Gasteiger partial charge in [0.15, 0.2) is 5.82 Å². The van der Waals surface area contributed by atoms with Gasteiger partial charge in [-0.25, -0.2) is 4.39 Å². The molecule has 2 heterocycles. The fourth-order valence-corrected chi connectivity index (χ4v) is 2.73. The molecule has 3 rings (SSSR count). The lowest BCUT2D eigenvalue weighted by Crippen LogP contribution is -2.36. The van der Waals surface area contributed by atoms with E-state index >= 15 is 0 Å². The average Bonchev–Trinajstić information content (AvgIpc) is 2.99. The van der Waals surface area contributed by atoms with Gasteiger partial charge in [0.2, 0.25) is 5.95 Å². The van der Waals surface area contributed by atoms with Crippen molar-refractivity contribution in [1.82, 2.24) is 15.2 Å². The van der Waals surface area contributed by atoms with Gasteiger partial charge in [-0.2, -0.15) is 4.98 Å². The first-order valence-electron chi connectivity index (χ1n) is 7.31. The molecule has 112 valence electrons. The summed E-state index contributed by atoms with van der Waals surface area (Å²) in [6.45, 7) is 4.52. The molecule has 1 aromatic heterocycles. The molecule has 1 aliphatic heterocycles. The zero-order chi connectivity index (χ0) is 14.8. The maximum Gasteiger partial charge on any atom is 0.245 e. The molecular formula is C15H20FN5. The molecule has 0 saturated carbocycles. The Bertz CT molecular complexity index is 616. The van der Waals surface area contributed by atoms with Crippen LogP contribution in [0.2, 0.25) is 0 Å². The van der Waals surface area contributed by atoms with Gasteiger partial charge in [0.05, 0.1) is 0 Å². The Morgan fingerprint density at radius 2 is 2.14 bits per heavy atom. The van der Waals surface area contributed by atoms with E-state index in [1.165, 1.54) is 12.1 Å². The monoisotopic (exact) mass is 289 g/mol. The van der Waals surface area contributed by atoms with Crippen LogP contribution < -0.4 is 10.6 Å². The average molecular weight is 289 g/mol. The van der Waals surface area contributed by atoms with Gasteiger partial charge in [0.1, 0.15) is 5.82 Å². The molecule has 21 heavy (non-hydrogen) atoms. The molecule has 0 aliphatic carbocycles. The number of nitrogens with zero attached hydrogens (tertiary/aromatic N) is 3. The van der Waals surface area contributed by atoms with Gasteiger partial charge >= 0.3 is 0 Å². The number of anilines is 1. The highest BCUT2D eigenvalue weighted by atomic mass is 19.1. The first kappa shape index (κ1) is 14.0. The predicted octanol–water partition coefficient (Wildman–Crippen LogP) is 2.09. The van der Waals surface area contributed by atoms with Crippen molar-refractivity contribution in [3.63, 3.8) is 0 Å². The van der Waals surface area contributed by atoms with Crippen molar-refractivity contribution < 1.29 is 4.39 Å². The van der Waals surface area contributed by atoms with Crippen LogP contribution >= 0.6 is 0 Å². The minimum Gasteiger partial charge on any atom is -0.340 e. The second kappa shape index (κ2) is 5.81. The van der Waals surface area contributed by atoms with Crippen LogP contribution in [0.1, 0.15) is 18.4 Å². The molecule has 0 atom stereocenters. The molecule has 0 spiro atoms. The summed E-state index contributed by atoms with van der Waals surface area (Å²) in [5, 5.41) is 7.19. The van der Waals surface area contributed by atoms with Crippen LogP contribution in [0.4, 0.5) is 10.3 Å². The van der Waals surface area contributed by atoms with Crippen LogP contribution in [0, 0.1) is 18.7 Å². The molecule has 1 saturated heterocycles. The highest BCUT2D eigenvalue weighted by Gasteiger charge is 2.21. The zero-order valence-electron chi connectivity index (χ0n) is 12.1. The molecule has 1 aromatic carbocycles. The Morgan fingerprint density at radius 3 is 2.86 bits per heavy atom. The number of nitrogens with one attached hydrogen (secondary N) is 1. The SMILES string of the molecule is Cc1ccc(F)cc1-c1nc(N2CCC(CN)CC2)n[nH]1. The molecule has 3 N–H and O–H groups in total. The van der Waals surface area contributed by atoms with Gasteiger partial charge in [0, 0.05) is 18.7 Å². The van der Waals surface area contributed by atoms with Crippen molar-refractivity contribution in [1.29, 1.82) is 0 Å². The van der Waals surface area contributed by atoms with E-state index in [2.05, 4.69) is 20.1 Å². The first-order valence-corrected chi connectivity index (χ1v) is 7.31. The third-order valence-electron chi connectivity index (χ3n) is 4.16. The van der Waals surface area contributed by atoms with Crippen LogP contribution in [-0.2, 0) is 0 Å². The van der Waals surface area contributed by atoms with Gasteiger partial charge in [-0.15, -0.1) is 5.10 Å². The quantitative estimate of drug-likeness (QED) is 0.907. The van der Waals surface area contributed by atoms with Crippen LogP contribution in [0.25, 0.3) is 11.4 Å². The van der Waals surface area contributed by atoms with Crippen molar-refractivity contribution in [2.75, 3.05) is 24.5 Å². The third kappa shape index (κ3) is 2.90. The molecule has 1 aliphatic rings. The number of nitrogens with two attached hydrogens (primary N) is 1. The molecule has 5 nitrogen and oxygen atoms in total. The number of rotatable bonds is 3. The normalized spacial score (nSPS) is 16.4. The predicted molar refractivity (Wildman–Crippen MR) is 80.5 cm³/mol. The van der Waals surface area contributed by atoms with E-state index in [9.17, 15) is 4.39 Å². The standard InChI is InChI=1S/C15H20FN5/c1-10-2-3-12(16)8-13(10)14-18-15(20-19-14)21-6-4-11(9-17)5-7-21/h2-3,8,11H,4-7,9,17H2,1H3,(H,18,19,20). The lowest BCUT2D eigenvalue weighted by Gasteiger charge is -2.30. The number of aryl methyl sites for hydroxylation is 1. The van der Waals surface area contributed by atoms with E-state index in [1.54, 1.807) is 6.07 Å². The van der Waals surface area contributed by atoms with Crippen molar-refractivity contribution in [3.8, 4) is 11.4 Å². The summed E-state index contributed by atoms with van der Waals surface area (Å²) in [5.74, 6) is 1.63. The van der Waals surface area contributed by atoms with Gasteiger partial charge in [0.25, 0.3) is 0 Å². The van der Waals surface area contributed by atoms with E-state index in [-0.39, 0.29) is 5.82 Å². The van der Waals surface area contributed by atoms with Gasteiger partial charge in [-0.05, 0) is 49.9 Å². The molecule has 2 aromatic rings. The number of halogens is 1. The van der Waals surface area contributed by atoms with E-state index < -0.39 is 0 Å². The first-order chi connectivity index (χ1) is 10.2. The summed E-state index contributed by atoms with van der Waals surface area (Å²) in [6.07, 6.45) is 2.14. The zero-order valence-corrected chi connectivity index (χ0v) is 12.1. The van der Waals surface area contributed by atoms with E-state index in [1.807, 2.05) is 6.92 Å². The third-order valence-corrected chi connectivity index (χ3v) is 4.16. The minimum absolute atomic E-state index is 0.266. The fraction of sp³-hybridized carbons (Fsp3) is 0.467. The van der Waals surface area contributed by atoms with Crippen LogP contribution in [-0.4, -0.2) is 34.8 Å². The summed E-state index contributed by atoms with van der Waals surface area (Å²) in [4.78, 5) is 6.67. The van der Waals surface area contributed by atoms with Crippen molar-refractivity contribution in [3.05, 3.63) is 29.6 Å². The Labute approximate surface area is 123 Å². The largest absolute Gasteiger partial charge is 0.340 e. The number of aromatic nitrogens is 3. The van der Waals surface area contributed by atoms with Crippen LogP contribution in [0.15, 0.2) is 18.2 Å². The summed E-state index contributed by atoms with van der Waals surface area (Å²) in [7, 11) is 0. The highest BCUT2D eigenvalue weighted by Crippen LogP contribution is 2.24. The fourth-order valence-electron chi connectivity index (χ4n) is 2.73. The Kier molecular flexibility index (Phi) is 3.88. The number of piperidine rings is 1. The number of H-pyrrole nitrogens is 1. The van der Waals surface area contributed by atoms with Gasteiger partial charge in [-0.3, -0.25) is 5.10 Å². The Morgan fingerprint density at radius 1 is 1.38 bits per heavy atom. The summed E-state index contributed by atoms with van der Waals surface area (Å²) in [5.41, 5.74) is 7.44. The van der Waals surface area contributed by atoms with Crippen LogP contribution in [0.3, 0.4) is 0 Å². The molecule has 0 unspecified atom stereocenters. The minimum atomic E-state index is -0.266. The summed E-state index contributed by atoms with van der Waals surface area (Å²) in [6, 6.07) is 4.69. The highest BCUT2D eigenvalue weighted by molar-refractivity contribution is 5.61. The number of hydrogen-bond acceptors (Lipinski definition) is 4. The molecule has 0 radical (unpaired) electrons. The van der Waals surface area contributed by atoms with Crippen molar-refractivity contribution in [2.24, 2.45) is 11.7 Å². The Balaban J connectivity index is 1.79. The Hall–Kier alpha value is -1.95. The number of benzene rings is 1. The van der Waals surface area contributed by atoms with Crippen molar-refractivity contribution in [2.45, 2.75) is 19.8 Å².